The Morgan fingerprint density at radius 2 is 2.00 bits per heavy atom. The van der Waals surface area contributed by atoms with Gasteiger partial charge in [-0.2, -0.15) is 0 Å². The highest BCUT2D eigenvalue weighted by Crippen LogP contribution is 2.34. The number of amides is 2. The number of fused-ring (bicyclic) bond motifs is 1. The van der Waals surface area contributed by atoms with Crippen LogP contribution in [0, 0.1) is 6.92 Å². The number of nitrogens with zero attached hydrogens (tertiary/aromatic N) is 1. The number of ether oxygens (including phenoxy) is 1. The van der Waals surface area contributed by atoms with E-state index in [0.717, 1.165) is 5.56 Å². The standard InChI is InChI=1S/C18H17ClN2O3/c1-10-4-6-13(9-14(10)19)20-17(22)12-5-7-16-15(8-12)21(3)18(23)11(2)24-16/h4-9,11H,1-3H3,(H,20,22). The predicted molar refractivity (Wildman–Crippen MR) is 94.1 cm³/mol. The van der Waals surface area contributed by atoms with E-state index in [1.54, 1.807) is 44.3 Å². The fourth-order valence-electron chi connectivity index (χ4n) is 2.53. The van der Waals surface area contributed by atoms with E-state index in [1.165, 1.54) is 4.90 Å². The Kier molecular flexibility index (Phi) is 4.20. The molecule has 0 radical (unpaired) electrons. The molecule has 1 heterocycles. The highest BCUT2D eigenvalue weighted by atomic mass is 35.5. The summed E-state index contributed by atoms with van der Waals surface area (Å²) in [6, 6.07) is 10.3. The van der Waals surface area contributed by atoms with Crippen molar-refractivity contribution in [2.75, 3.05) is 17.3 Å². The van der Waals surface area contributed by atoms with Crippen LogP contribution in [0.2, 0.25) is 5.02 Å². The zero-order valence-electron chi connectivity index (χ0n) is 13.6. The van der Waals surface area contributed by atoms with Gasteiger partial charge in [0.1, 0.15) is 5.75 Å². The summed E-state index contributed by atoms with van der Waals surface area (Å²) in [5.41, 5.74) is 2.56. The molecular formula is C18H17ClN2O3. The third kappa shape index (κ3) is 2.95. The minimum Gasteiger partial charge on any atom is -0.479 e. The van der Waals surface area contributed by atoms with Crippen molar-refractivity contribution in [2.24, 2.45) is 0 Å². The van der Waals surface area contributed by atoms with Gasteiger partial charge in [-0.15, -0.1) is 0 Å². The van der Waals surface area contributed by atoms with Crippen LogP contribution in [0.3, 0.4) is 0 Å². The summed E-state index contributed by atoms with van der Waals surface area (Å²) in [5.74, 6) is 0.155. The highest BCUT2D eigenvalue weighted by Gasteiger charge is 2.29. The molecule has 0 aromatic heterocycles. The number of hydrogen-bond donors (Lipinski definition) is 1. The van der Waals surface area contributed by atoms with Gasteiger partial charge in [-0.05, 0) is 49.7 Å². The number of carbonyl (C=O) groups excluding carboxylic acids is 2. The smallest absolute Gasteiger partial charge is 0.267 e. The molecule has 0 saturated carbocycles. The molecule has 1 atom stereocenters. The molecule has 24 heavy (non-hydrogen) atoms. The molecule has 6 heteroatoms. The maximum Gasteiger partial charge on any atom is 0.267 e. The van der Waals surface area contributed by atoms with Crippen molar-refractivity contribution in [1.82, 2.24) is 0 Å². The van der Waals surface area contributed by atoms with Gasteiger partial charge in [0.05, 0.1) is 5.69 Å². The largest absolute Gasteiger partial charge is 0.479 e. The number of anilines is 2. The van der Waals surface area contributed by atoms with Crippen LogP contribution in [0.15, 0.2) is 36.4 Å². The van der Waals surface area contributed by atoms with E-state index in [4.69, 9.17) is 16.3 Å². The molecular weight excluding hydrogens is 328 g/mol. The molecule has 3 rings (SSSR count). The maximum absolute atomic E-state index is 12.5. The Bertz CT molecular complexity index is 835. The molecule has 1 N–H and O–H groups in total. The van der Waals surface area contributed by atoms with Gasteiger partial charge in [-0.25, -0.2) is 0 Å². The second kappa shape index (κ2) is 6.17. The van der Waals surface area contributed by atoms with Gasteiger partial charge in [-0.1, -0.05) is 17.7 Å². The zero-order valence-corrected chi connectivity index (χ0v) is 14.3. The summed E-state index contributed by atoms with van der Waals surface area (Å²) in [4.78, 5) is 26.0. The second-order valence-electron chi connectivity index (χ2n) is 5.76. The normalized spacial score (nSPS) is 16.4. The average Bonchev–Trinajstić information content (AvgIpc) is 2.56. The Morgan fingerprint density at radius 1 is 1.25 bits per heavy atom. The number of aryl methyl sites for hydroxylation is 1. The topological polar surface area (TPSA) is 58.6 Å². The number of halogens is 1. The summed E-state index contributed by atoms with van der Waals surface area (Å²) in [6.07, 6.45) is -0.531. The summed E-state index contributed by atoms with van der Waals surface area (Å²) in [5, 5.41) is 3.39. The van der Waals surface area contributed by atoms with Gasteiger partial charge in [0.15, 0.2) is 6.10 Å². The Hall–Kier alpha value is -2.53. The highest BCUT2D eigenvalue weighted by molar-refractivity contribution is 6.31. The Balaban J connectivity index is 1.86. The lowest BCUT2D eigenvalue weighted by molar-refractivity contribution is -0.125. The zero-order chi connectivity index (χ0) is 17.4. The van der Waals surface area contributed by atoms with Crippen molar-refractivity contribution in [3.8, 4) is 5.75 Å². The molecule has 2 aromatic carbocycles. The van der Waals surface area contributed by atoms with Gasteiger partial charge in [-0.3, -0.25) is 9.59 Å². The lowest BCUT2D eigenvalue weighted by Crippen LogP contribution is -2.42. The van der Waals surface area contributed by atoms with E-state index in [0.29, 0.717) is 27.7 Å². The summed E-state index contributed by atoms with van der Waals surface area (Å²) in [7, 11) is 1.67. The van der Waals surface area contributed by atoms with Crippen molar-refractivity contribution in [3.63, 3.8) is 0 Å². The predicted octanol–water partition coefficient (Wildman–Crippen LogP) is 3.64. The van der Waals surface area contributed by atoms with Crippen molar-refractivity contribution >= 4 is 34.8 Å². The number of rotatable bonds is 2. The van der Waals surface area contributed by atoms with Gasteiger partial charge in [0, 0.05) is 23.3 Å². The fourth-order valence-corrected chi connectivity index (χ4v) is 2.71. The third-order valence-electron chi connectivity index (χ3n) is 3.99. The molecule has 0 bridgehead atoms. The van der Waals surface area contributed by atoms with Crippen molar-refractivity contribution in [2.45, 2.75) is 20.0 Å². The molecule has 0 spiro atoms. The van der Waals surface area contributed by atoms with E-state index in [-0.39, 0.29) is 11.8 Å². The van der Waals surface area contributed by atoms with E-state index in [2.05, 4.69) is 5.32 Å². The summed E-state index contributed by atoms with van der Waals surface area (Å²) < 4.78 is 5.56. The lowest BCUT2D eigenvalue weighted by Gasteiger charge is -2.30. The SMILES string of the molecule is Cc1ccc(NC(=O)c2ccc3c(c2)N(C)C(=O)C(C)O3)cc1Cl. The van der Waals surface area contributed by atoms with Crippen molar-refractivity contribution in [3.05, 3.63) is 52.5 Å². The van der Waals surface area contributed by atoms with Gasteiger partial charge >= 0.3 is 0 Å². The molecule has 5 nitrogen and oxygen atoms in total. The molecule has 1 aliphatic heterocycles. The van der Waals surface area contributed by atoms with Crippen LogP contribution < -0.4 is 15.0 Å². The quantitative estimate of drug-likeness (QED) is 0.904. The second-order valence-corrected chi connectivity index (χ2v) is 6.17. The van der Waals surface area contributed by atoms with E-state index in [1.807, 2.05) is 13.0 Å². The first-order valence-corrected chi connectivity index (χ1v) is 7.90. The first-order chi connectivity index (χ1) is 11.4. The van der Waals surface area contributed by atoms with Gasteiger partial charge < -0.3 is 15.0 Å². The number of nitrogens with one attached hydrogen (secondary N) is 1. The van der Waals surface area contributed by atoms with Crippen LogP contribution in [0.4, 0.5) is 11.4 Å². The molecule has 1 aliphatic rings. The third-order valence-corrected chi connectivity index (χ3v) is 4.40. The molecule has 2 amide bonds. The Morgan fingerprint density at radius 3 is 2.71 bits per heavy atom. The van der Waals surface area contributed by atoms with Gasteiger partial charge in [0.2, 0.25) is 0 Å². The lowest BCUT2D eigenvalue weighted by atomic mass is 10.1. The molecule has 2 aromatic rings. The number of likely N-dealkylation sites (N-methyl/N-ethyl adjacent to an activating group) is 1. The number of carbonyl (C=O) groups is 2. The fraction of sp³-hybridized carbons (Fsp3) is 0.222. The van der Waals surface area contributed by atoms with Crippen molar-refractivity contribution < 1.29 is 14.3 Å². The van der Waals surface area contributed by atoms with E-state index >= 15 is 0 Å². The van der Waals surface area contributed by atoms with E-state index in [9.17, 15) is 9.59 Å². The van der Waals surface area contributed by atoms with Crippen LogP contribution in [0.1, 0.15) is 22.8 Å². The van der Waals surface area contributed by atoms with Crippen LogP contribution in [-0.2, 0) is 4.79 Å². The molecule has 124 valence electrons. The van der Waals surface area contributed by atoms with Gasteiger partial charge in [0.25, 0.3) is 11.8 Å². The molecule has 1 unspecified atom stereocenters. The van der Waals surface area contributed by atoms with Crippen LogP contribution in [0.5, 0.6) is 5.75 Å². The maximum atomic E-state index is 12.5. The van der Waals surface area contributed by atoms with Crippen LogP contribution in [0.25, 0.3) is 0 Å². The number of benzene rings is 2. The molecule has 0 fully saturated rings. The monoisotopic (exact) mass is 344 g/mol. The van der Waals surface area contributed by atoms with E-state index < -0.39 is 6.10 Å². The first-order valence-electron chi connectivity index (χ1n) is 7.52. The minimum absolute atomic E-state index is 0.148. The average molecular weight is 345 g/mol. The number of hydrogen-bond acceptors (Lipinski definition) is 3. The Labute approximate surface area is 145 Å². The summed E-state index contributed by atoms with van der Waals surface area (Å²) in [6.45, 7) is 3.59. The molecule has 0 saturated heterocycles. The summed E-state index contributed by atoms with van der Waals surface area (Å²) >= 11 is 6.07. The van der Waals surface area contributed by atoms with Crippen LogP contribution in [-0.4, -0.2) is 25.0 Å². The van der Waals surface area contributed by atoms with Crippen molar-refractivity contribution in [1.29, 1.82) is 0 Å². The molecule has 0 aliphatic carbocycles. The minimum atomic E-state index is -0.531. The van der Waals surface area contributed by atoms with Crippen LogP contribution >= 0.6 is 11.6 Å². The first kappa shape index (κ1) is 16.3.